The summed E-state index contributed by atoms with van der Waals surface area (Å²) in [5, 5.41) is 0. The van der Waals surface area contributed by atoms with Gasteiger partial charge >= 0.3 is 0 Å². The number of hydrogen-bond donors (Lipinski definition) is 0. The maximum atomic E-state index is 4.21. The third-order valence-corrected chi connectivity index (χ3v) is 3.49. The maximum Gasteiger partial charge on any atom is -0.0224 e. The van der Waals surface area contributed by atoms with Gasteiger partial charge < -0.3 is 0 Å². The van der Waals surface area contributed by atoms with Gasteiger partial charge in [0.2, 0.25) is 0 Å². The highest BCUT2D eigenvalue weighted by atomic mass is 14.1. The van der Waals surface area contributed by atoms with E-state index >= 15 is 0 Å². The quantitative estimate of drug-likeness (QED) is 0.489. The van der Waals surface area contributed by atoms with Crippen LogP contribution in [-0.4, -0.2) is 0 Å². The van der Waals surface area contributed by atoms with E-state index in [0.29, 0.717) is 0 Å². The Balaban J connectivity index is 2.49. The van der Waals surface area contributed by atoms with Crippen LogP contribution in [0.2, 0.25) is 0 Å². The minimum absolute atomic E-state index is 1.11. The van der Waals surface area contributed by atoms with Crippen molar-refractivity contribution >= 4 is 11.6 Å². The Labute approximate surface area is 112 Å². The van der Waals surface area contributed by atoms with Crippen molar-refractivity contribution < 1.29 is 0 Å². The first-order valence-electron chi connectivity index (χ1n) is 7.10. The molecule has 0 fully saturated rings. The first-order chi connectivity index (χ1) is 8.69. The van der Waals surface area contributed by atoms with Crippen LogP contribution in [0.15, 0.2) is 31.4 Å². The average molecular weight is 242 g/mol. The Morgan fingerprint density at radius 3 is 2.56 bits per heavy atom. The molecule has 0 aliphatic heterocycles. The van der Waals surface area contributed by atoms with Crippen molar-refractivity contribution in [3.05, 3.63) is 48.0 Å². The molecular weight excluding hydrogens is 216 g/mol. The van der Waals surface area contributed by atoms with Crippen molar-refractivity contribution in [1.82, 2.24) is 0 Å². The van der Waals surface area contributed by atoms with Gasteiger partial charge in [0.05, 0.1) is 0 Å². The Hall–Kier alpha value is -1.30. The molecule has 1 aromatic carbocycles. The molecular formula is C18H26. The highest BCUT2D eigenvalue weighted by Crippen LogP contribution is 2.22. The molecule has 0 aliphatic carbocycles. The topological polar surface area (TPSA) is 0 Å². The smallest absolute Gasteiger partial charge is 0.0224 e. The number of hydrogen-bond acceptors (Lipinski definition) is 0. The third kappa shape index (κ3) is 4.52. The SMILES string of the molecule is C=Cc1cc(C(=C)CCCCCCC)ccc1C. The summed E-state index contributed by atoms with van der Waals surface area (Å²) in [7, 11) is 0. The molecule has 0 amide bonds. The molecule has 0 spiro atoms. The molecule has 0 saturated carbocycles. The molecule has 1 rings (SSSR count). The van der Waals surface area contributed by atoms with E-state index in [0.717, 1.165) is 6.42 Å². The van der Waals surface area contributed by atoms with Gasteiger partial charge in [0.25, 0.3) is 0 Å². The van der Waals surface area contributed by atoms with Gasteiger partial charge in [-0.1, -0.05) is 64.0 Å². The van der Waals surface area contributed by atoms with E-state index in [2.05, 4.69) is 45.2 Å². The lowest BCUT2D eigenvalue weighted by Crippen LogP contribution is -1.88. The summed E-state index contributed by atoms with van der Waals surface area (Å²) >= 11 is 0. The molecule has 0 nitrogen and oxygen atoms in total. The number of benzene rings is 1. The molecule has 0 heterocycles. The second kappa shape index (κ2) is 7.92. The number of aryl methyl sites for hydroxylation is 1. The van der Waals surface area contributed by atoms with E-state index in [1.807, 2.05) is 6.08 Å². The average Bonchev–Trinajstić information content (AvgIpc) is 2.38. The van der Waals surface area contributed by atoms with Gasteiger partial charge in [-0.05, 0) is 48.1 Å². The molecule has 1 aromatic rings. The number of rotatable bonds is 8. The second-order valence-corrected chi connectivity index (χ2v) is 5.04. The van der Waals surface area contributed by atoms with Crippen molar-refractivity contribution in [2.45, 2.75) is 52.4 Å². The molecule has 0 atom stereocenters. The van der Waals surface area contributed by atoms with Crippen molar-refractivity contribution in [2.24, 2.45) is 0 Å². The van der Waals surface area contributed by atoms with Gasteiger partial charge in [-0.2, -0.15) is 0 Å². The summed E-state index contributed by atoms with van der Waals surface area (Å²) in [5.74, 6) is 0. The van der Waals surface area contributed by atoms with E-state index in [9.17, 15) is 0 Å². The van der Waals surface area contributed by atoms with Crippen LogP contribution >= 0.6 is 0 Å². The van der Waals surface area contributed by atoms with Gasteiger partial charge in [0.15, 0.2) is 0 Å². The van der Waals surface area contributed by atoms with Crippen molar-refractivity contribution in [2.75, 3.05) is 0 Å². The van der Waals surface area contributed by atoms with Gasteiger partial charge in [0.1, 0.15) is 0 Å². The fourth-order valence-corrected chi connectivity index (χ4v) is 2.17. The van der Waals surface area contributed by atoms with Crippen LogP contribution in [-0.2, 0) is 0 Å². The summed E-state index contributed by atoms with van der Waals surface area (Å²) in [6.07, 6.45) is 9.65. The highest BCUT2D eigenvalue weighted by Gasteiger charge is 2.01. The Bertz CT molecular complexity index is 398. The van der Waals surface area contributed by atoms with Crippen LogP contribution in [0, 0.1) is 6.92 Å². The van der Waals surface area contributed by atoms with E-state index in [-0.39, 0.29) is 0 Å². The second-order valence-electron chi connectivity index (χ2n) is 5.04. The zero-order valence-electron chi connectivity index (χ0n) is 12.0. The molecule has 98 valence electrons. The van der Waals surface area contributed by atoms with E-state index < -0.39 is 0 Å². The van der Waals surface area contributed by atoms with Gasteiger partial charge in [-0.3, -0.25) is 0 Å². The summed E-state index contributed by atoms with van der Waals surface area (Å²) < 4.78 is 0. The molecule has 18 heavy (non-hydrogen) atoms. The summed E-state index contributed by atoms with van der Waals surface area (Å²) in [6.45, 7) is 12.4. The monoisotopic (exact) mass is 242 g/mol. The van der Waals surface area contributed by atoms with E-state index in [4.69, 9.17) is 0 Å². The minimum Gasteiger partial charge on any atom is -0.0985 e. The van der Waals surface area contributed by atoms with Crippen LogP contribution in [0.5, 0.6) is 0 Å². The highest BCUT2D eigenvalue weighted by molar-refractivity contribution is 5.67. The third-order valence-electron chi connectivity index (χ3n) is 3.49. The first kappa shape index (κ1) is 14.8. The largest absolute Gasteiger partial charge is 0.0985 e. The van der Waals surface area contributed by atoms with Gasteiger partial charge in [-0.15, -0.1) is 0 Å². The predicted octanol–water partition coefficient (Wildman–Crippen LogP) is 6.01. The molecule has 0 aliphatic rings. The lowest BCUT2D eigenvalue weighted by Gasteiger charge is -2.09. The summed E-state index contributed by atoms with van der Waals surface area (Å²) in [4.78, 5) is 0. The fraction of sp³-hybridized carbons (Fsp3) is 0.444. The van der Waals surface area contributed by atoms with Crippen LogP contribution in [0.25, 0.3) is 11.6 Å². The molecule has 0 radical (unpaired) electrons. The molecule has 0 N–H and O–H groups in total. The van der Waals surface area contributed by atoms with Gasteiger partial charge in [0, 0.05) is 0 Å². The van der Waals surface area contributed by atoms with Crippen molar-refractivity contribution in [1.29, 1.82) is 0 Å². The molecule has 0 unspecified atom stereocenters. The number of unbranched alkanes of at least 4 members (excludes halogenated alkanes) is 4. The maximum absolute atomic E-state index is 4.21. The minimum atomic E-state index is 1.11. The van der Waals surface area contributed by atoms with E-state index in [1.165, 1.54) is 54.4 Å². The zero-order valence-corrected chi connectivity index (χ0v) is 12.0. The van der Waals surface area contributed by atoms with Crippen LogP contribution < -0.4 is 0 Å². The fourth-order valence-electron chi connectivity index (χ4n) is 2.17. The molecule has 0 bridgehead atoms. The normalized spacial score (nSPS) is 10.3. The Morgan fingerprint density at radius 1 is 1.17 bits per heavy atom. The van der Waals surface area contributed by atoms with Crippen molar-refractivity contribution in [3.8, 4) is 0 Å². The molecule has 0 heteroatoms. The Kier molecular flexibility index (Phi) is 6.49. The lowest BCUT2D eigenvalue weighted by molar-refractivity contribution is 0.640. The zero-order chi connectivity index (χ0) is 13.4. The van der Waals surface area contributed by atoms with Gasteiger partial charge in [-0.25, -0.2) is 0 Å². The molecule has 0 saturated heterocycles. The standard InChI is InChI=1S/C18H26/c1-5-7-8-9-10-11-15(3)18-13-12-16(4)17(6-2)14-18/h6,12-14H,2-3,5,7-11H2,1,4H3. The number of allylic oxidation sites excluding steroid dienone is 1. The first-order valence-corrected chi connectivity index (χ1v) is 7.10. The summed E-state index contributed by atoms with van der Waals surface area (Å²) in [5.41, 5.74) is 5.03. The molecule has 0 aromatic heterocycles. The van der Waals surface area contributed by atoms with Crippen molar-refractivity contribution in [3.63, 3.8) is 0 Å². The van der Waals surface area contributed by atoms with E-state index in [1.54, 1.807) is 0 Å². The summed E-state index contributed by atoms with van der Waals surface area (Å²) in [6, 6.07) is 6.54. The predicted molar refractivity (Wildman–Crippen MR) is 83.7 cm³/mol. The van der Waals surface area contributed by atoms with Crippen LogP contribution in [0.1, 0.15) is 62.1 Å². The van der Waals surface area contributed by atoms with Crippen LogP contribution in [0.3, 0.4) is 0 Å². The Morgan fingerprint density at radius 2 is 1.89 bits per heavy atom. The lowest BCUT2D eigenvalue weighted by atomic mass is 9.97. The van der Waals surface area contributed by atoms with Crippen LogP contribution in [0.4, 0.5) is 0 Å².